The highest BCUT2D eigenvalue weighted by Crippen LogP contribution is 2.27. The van der Waals surface area contributed by atoms with E-state index < -0.39 is 5.54 Å². The molecule has 1 aromatic heterocycles. The molecule has 7 heteroatoms. The fourth-order valence-electron chi connectivity index (χ4n) is 2.12. The number of nitrogens with zero attached hydrogens (tertiary/aromatic N) is 2. The monoisotopic (exact) mass is 341 g/mol. The van der Waals surface area contributed by atoms with Crippen molar-refractivity contribution in [1.82, 2.24) is 9.78 Å². The van der Waals surface area contributed by atoms with E-state index >= 15 is 0 Å². The van der Waals surface area contributed by atoms with Gasteiger partial charge in [-0.1, -0.05) is 5.92 Å². The highest BCUT2D eigenvalue weighted by atomic mass is 79.9. The topological polar surface area (TPSA) is 76.4 Å². The maximum atomic E-state index is 12.0. The largest absolute Gasteiger partial charge is 0.394 e. The Bertz CT molecular complexity index is 573. The van der Waals surface area contributed by atoms with Crippen molar-refractivity contribution in [3.8, 4) is 12.3 Å². The molecule has 2 N–H and O–H groups in total. The number of halogens is 1. The molecule has 1 aliphatic heterocycles. The molecule has 2 rings (SSSR count). The summed E-state index contributed by atoms with van der Waals surface area (Å²) in [4.78, 5) is 12.0. The summed E-state index contributed by atoms with van der Waals surface area (Å²) in [6.45, 7) is 1.24. The molecule has 0 aliphatic carbocycles. The number of hydrogen-bond acceptors (Lipinski definition) is 5. The summed E-state index contributed by atoms with van der Waals surface area (Å²) in [7, 11) is 0. The summed E-state index contributed by atoms with van der Waals surface area (Å²) in [6.07, 6.45) is 8.06. The second-order valence-corrected chi connectivity index (χ2v) is 5.51. The summed E-state index contributed by atoms with van der Waals surface area (Å²) in [5, 5.41) is 16.9. The van der Waals surface area contributed by atoms with Gasteiger partial charge in [0.15, 0.2) is 0 Å². The number of anilines is 1. The molecular weight excluding hydrogens is 326 g/mol. The van der Waals surface area contributed by atoms with Gasteiger partial charge in [0.2, 0.25) is 0 Å². The van der Waals surface area contributed by atoms with E-state index in [1.54, 1.807) is 0 Å². The van der Waals surface area contributed by atoms with Crippen LogP contribution >= 0.6 is 15.9 Å². The molecule has 108 valence electrons. The highest BCUT2D eigenvalue weighted by Gasteiger charge is 2.32. The van der Waals surface area contributed by atoms with E-state index in [1.165, 1.54) is 10.9 Å². The first-order chi connectivity index (χ1) is 9.62. The smallest absolute Gasteiger partial charge is 0.284 e. The van der Waals surface area contributed by atoms with E-state index in [1.807, 2.05) is 0 Å². The maximum absolute atomic E-state index is 12.0. The van der Waals surface area contributed by atoms with Crippen LogP contribution in [0.1, 0.15) is 12.8 Å². The van der Waals surface area contributed by atoms with Crippen molar-refractivity contribution in [2.45, 2.75) is 24.9 Å². The lowest BCUT2D eigenvalue weighted by Gasteiger charge is -2.37. The summed E-state index contributed by atoms with van der Waals surface area (Å²) in [5.74, 6) is 2.37. The zero-order valence-electron chi connectivity index (χ0n) is 10.9. The third-order valence-corrected chi connectivity index (χ3v) is 4.14. The molecule has 0 saturated carbocycles. The van der Waals surface area contributed by atoms with E-state index in [4.69, 9.17) is 11.2 Å². The molecule has 0 unspecified atom stereocenters. The second-order valence-electron chi connectivity index (χ2n) is 4.71. The van der Waals surface area contributed by atoms with E-state index in [-0.39, 0.29) is 18.7 Å². The number of rotatable bonds is 4. The zero-order chi connectivity index (χ0) is 14.6. The second kappa shape index (κ2) is 6.39. The molecule has 1 aliphatic rings. The first kappa shape index (κ1) is 15.0. The van der Waals surface area contributed by atoms with E-state index in [9.17, 15) is 9.90 Å². The number of aliphatic hydroxyl groups is 1. The van der Waals surface area contributed by atoms with Crippen molar-refractivity contribution in [1.29, 1.82) is 0 Å². The SMILES string of the molecule is C#CCn1ncc(NC2(CO)CCOCC2)c(Br)c1=O. The lowest BCUT2D eigenvalue weighted by Crippen LogP contribution is -2.47. The lowest BCUT2D eigenvalue weighted by atomic mass is 9.91. The van der Waals surface area contributed by atoms with Crippen LogP contribution in [0.15, 0.2) is 15.5 Å². The normalized spacial score (nSPS) is 17.4. The van der Waals surface area contributed by atoms with E-state index in [0.717, 1.165) is 0 Å². The third-order valence-electron chi connectivity index (χ3n) is 3.38. The Morgan fingerprint density at radius 3 is 2.90 bits per heavy atom. The van der Waals surface area contributed by atoms with Crippen LogP contribution < -0.4 is 10.9 Å². The molecule has 20 heavy (non-hydrogen) atoms. The van der Waals surface area contributed by atoms with Gasteiger partial charge in [0.25, 0.3) is 5.56 Å². The van der Waals surface area contributed by atoms with Crippen molar-refractivity contribution < 1.29 is 9.84 Å². The van der Waals surface area contributed by atoms with Crippen molar-refractivity contribution in [3.05, 3.63) is 21.0 Å². The van der Waals surface area contributed by atoms with Gasteiger partial charge in [-0.25, -0.2) is 4.68 Å². The molecule has 1 aromatic rings. The predicted octanol–water partition coefficient (Wildman–Crippen LogP) is 0.592. The molecule has 0 radical (unpaired) electrons. The fraction of sp³-hybridized carbons (Fsp3) is 0.538. The van der Waals surface area contributed by atoms with Crippen LogP contribution in [0.5, 0.6) is 0 Å². The van der Waals surface area contributed by atoms with Gasteiger partial charge in [0, 0.05) is 13.2 Å². The summed E-state index contributed by atoms with van der Waals surface area (Å²) >= 11 is 3.26. The minimum absolute atomic E-state index is 0.0315. The molecule has 0 bridgehead atoms. The molecular formula is C13H16BrN3O3. The van der Waals surface area contributed by atoms with Gasteiger partial charge in [0.05, 0.1) is 24.0 Å². The third kappa shape index (κ3) is 3.03. The Hall–Kier alpha value is -1.36. The molecule has 0 aromatic carbocycles. The van der Waals surface area contributed by atoms with Gasteiger partial charge in [0.1, 0.15) is 11.0 Å². The number of aliphatic hydroxyl groups excluding tert-OH is 1. The number of aromatic nitrogens is 2. The Balaban J connectivity index is 2.27. The van der Waals surface area contributed by atoms with Gasteiger partial charge in [-0.05, 0) is 28.8 Å². The van der Waals surface area contributed by atoms with Gasteiger partial charge in [-0.15, -0.1) is 6.42 Å². The van der Waals surface area contributed by atoms with Crippen LogP contribution in [0, 0.1) is 12.3 Å². The minimum Gasteiger partial charge on any atom is -0.394 e. The number of nitrogens with one attached hydrogen (secondary N) is 1. The average Bonchev–Trinajstić information content (AvgIpc) is 2.48. The van der Waals surface area contributed by atoms with Gasteiger partial charge in [-0.2, -0.15) is 5.10 Å². The molecule has 0 spiro atoms. The predicted molar refractivity (Wildman–Crippen MR) is 78.5 cm³/mol. The van der Waals surface area contributed by atoms with Crippen LogP contribution in [0.3, 0.4) is 0 Å². The number of hydrogen-bond donors (Lipinski definition) is 2. The summed E-state index contributed by atoms with van der Waals surface area (Å²) in [5.41, 5.74) is -0.222. The molecule has 6 nitrogen and oxygen atoms in total. The van der Waals surface area contributed by atoms with Gasteiger partial charge < -0.3 is 15.2 Å². The highest BCUT2D eigenvalue weighted by molar-refractivity contribution is 9.10. The minimum atomic E-state index is -0.479. The Kier molecular flexibility index (Phi) is 4.81. The standard InChI is InChI=1S/C13H16BrN3O3/c1-2-5-17-12(19)11(14)10(8-15-17)16-13(9-18)3-6-20-7-4-13/h1,8,16,18H,3-7,9H2. The zero-order valence-corrected chi connectivity index (χ0v) is 12.5. The molecule has 1 fully saturated rings. The van der Waals surface area contributed by atoms with Crippen LogP contribution in [0.25, 0.3) is 0 Å². The number of terminal acetylenes is 1. The van der Waals surface area contributed by atoms with Crippen molar-refractivity contribution in [2.75, 3.05) is 25.1 Å². The van der Waals surface area contributed by atoms with E-state index in [0.29, 0.717) is 36.2 Å². The Labute approximate surface area is 125 Å². The average molecular weight is 342 g/mol. The molecule has 0 amide bonds. The Morgan fingerprint density at radius 2 is 2.30 bits per heavy atom. The van der Waals surface area contributed by atoms with Crippen LogP contribution in [0.2, 0.25) is 0 Å². The van der Waals surface area contributed by atoms with Crippen molar-refractivity contribution >= 4 is 21.6 Å². The molecule has 1 saturated heterocycles. The first-order valence-corrected chi connectivity index (χ1v) is 7.07. The number of ether oxygens (including phenoxy) is 1. The van der Waals surface area contributed by atoms with Gasteiger partial charge >= 0.3 is 0 Å². The van der Waals surface area contributed by atoms with Crippen LogP contribution in [-0.2, 0) is 11.3 Å². The maximum Gasteiger partial charge on any atom is 0.284 e. The molecule has 2 heterocycles. The van der Waals surface area contributed by atoms with Crippen molar-refractivity contribution in [2.24, 2.45) is 0 Å². The van der Waals surface area contributed by atoms with Crippen molar-refractivity contribution in [3.63, 3.8) is 0 Å². The van der Waals surface area contributed by atoms with E-state index in [2.05, 4.69) is 32.3 Å². The van der Waals surface area contributed by atoms with Crippen LogP contribution in [0.4, 0.5) is 5.69 Å². The quantitative estimate of drug-likeness (QED) is 0.784. The first-order valence-electron chi connectivity index (χ1n) is 6.28. The van der Waals surface area contributed by atoms with Gasteiger partial charge in [-0.3, -0.25) is 4.79 Å². The lowest BCUT2D eigenvalue weighted by molar-refractivity contribution is 0.0379. The van der Waals surface area contributed by atoms with Crippen LogP contribution in [-0.4, -0.2) is 40.2 Å². The molecule has 0 atom stereocenters. The summed E-state index contributed by atoms with van der Waals surface area (Å²) in [6, 6.07) is 0. The Morgan fingerprint density at radius 1 is 1.60 bits per heavy atom. The summed E-state index contributed by atoms with van der Waals surface area (Å²) < 4.78 is 6.87. The fourth-order valence-corrected chi connectivity index (χ4v) is 2.53.